The van der Waals surface area contributed by atoms with E-state index in [-0.39, 0.29) is 31.0 Å². The Labute approximate surface area is 182 Å². The predicted molar refractivity (Wildman–Crippen MR) is 118 cm³/mol. The van der Waals surface area contributed by atoms with Crippen LogP contribution in [0.2, 0.25) is 0 Å². The Hall–Kier alpha value is -2.82. The van der Waals surface area contributed by atoms with Crippen LogP contribution in [0.15, 0.2) is 24.5 Å². The molecule has 2 aromatic heterocycles. The molecule has 1 aliphatic heterocycles. The van der Waals surface area contributed by atoms with Crippen LogP contribution in [0.1, 0.15) is 28.1 Å². The maximum atomic E-state index is 13.9. The molecule has 1 aliphatic rings. The Morgan fingerprint density at radius 2 is 2.29 bits per heavy atom. The Balaban J connectivity index is 1.65. The molecule has 0 spiro atoms. The fraction of sp³-hybridized carbons (Fsp3) is 0.381. The van der Waals surface area contributed by atoms with Crippen molar-refractivity contribution in [3.8, 4) is 5.75 Å². The minimum absolute atomic E-state index is 0.0359. The SMILES string of the molecule is Cc1c(C(=O)NCCO)sc2ncnc(Nc3ccc(F)cc3O[C@H]3CCCNC3)c12. The quantitative estimate of drug-likeness (QED) is 0.443. The summed E-state index contributed by atoms with van der Waals surface area (Å²) >= 11 is 1.26. The normalized spacial score (nSPS) is 16.3. The van der Waals surface area contributed by atoms with E-state index >= 15 is 0 Å². The smallest absolute Gasteiger partial charge is 0.261 e. The molecular weight excluding hydrogens is 421 g/mol. The second kappa shape index (κ2) is 9.54. The minimum Gasteiger partial charge on any atom is -0.487 e. The Kier molecular flexibility index (Phi) is 6.59. The molecule has 4 rings (SSSR count). The van der Waals surface area contributed by atoms with Crippen LogP contribution < -0.4 is 20.7 Å². The average molecular weight is 446 g/mol. The van der Waals surface area contributed by atoms with Crippen LogP contribution in [0, 0.1) is 12.7 Å². The molecule has 3 heterocycles. The Morgan fingerprint density at radius 1 is 1.42 bits per heavy atom. The maximum Gasteiger partial charge on any atom is 0.261 e. The molecule has 1 amide bonds. The number of nitrogens with zero attached hydrogens (tertiary/aromatic N) is 2. The van der Waals surface area contributed by atoms with Crippen LogP contribution in [-0.4, -0.2) is 53.3 Å². The summed E-state index contributed by atoms with van der Waals surface area (Å²) in [5.41, 5.74) is 1.32. The molecule has 1 fully saturated rings. The number of carbonyl (C=O) groups is 1. The van der Waals surface area contributed by atoms with Gasteiger partial charge in [-0.3, -0.25) is 4.79 Å². The zero-order valence-corrected chi connectivity index (χ0v) is 17.9. The molecular formula is C21H24FN5O3S. The van der Waals surface area contributed by atoms with Gasteiger partial charge in [-0.15, -0.1) is 11.3 Å². The monoisotopic (exact) mass is 445 g/mol. The first-order chi connectivity index (χ1) is 15.1. The summed E-state index contributed by atoms with van der Waals surface area (Å²) in [7, 11) is 0. The number of aryl methyl sites for hydroxylation is 1. The van der Waals surface area contributed by atoms with Crippen molar-refractivity contribution in [2.45, 2.75) is 25.9 Å². The highest BCUT2D eigenvalue weighted by molar-refractivity contribution is 7.20. The van der Waals surface area contributed by atoms with Gasteiger partial charge in [-0.25, -0.2) is 14.4 Å². The van der Waals surface area contributed by atoms with Gasteiger partial charge in [0.05, 0.1) is 22.6 Å². The molecule has 0 radical (unpaired) electrons. The highest BCUT2D eigenvalue weighted by Crippen LogP contribution is 2.36. The average Bonchev–Trinajstić information content (AvgIpc) is 3.12. The van der Waals surface area contributed by atoms with Crippen molar-refractivity contribution in [2.75, 3.05) is 31.6 Å². The first-order valence-electron chi connectivity index (χ1n) is 10.1. The van der Waals surface area contributed by atoms with Crippen LogP contribution in [0.3, 0.4) is 0 Å². The number of thiophene rings is 1. The molecule has 0 aliphatic carbocycles. The van der Waals surface area contributed by atoms with Crippen molar-refractivity contribution in [3.63, 3.8) is 0 Å². The fourth-order valence-electron chi connectivity index (χ4n) is 3.56. The van der Waals surface area contributed by atoms with E-state index in [0.29, 0.717) is 33.5 Å². The number of benzene rings is 1. The summed E-state index contributed by atoms with van der Waals surface area (Å²) in [6.07, 6.45) is 3.29. The van der Waals surface area contributed by atoms with E-state index in [0.717, 1.165) is 30.3 Å². The van der Waals surface area contributed by atoms with Crippen LogP contribution in [0.5, 0.6) is 5.75 Å². The summed E-state index contributed by atoms with van der Waals surface area (Å²) in [4.78, 5) is 22.3. The number of aromatic nitrogens is 2. The number of fused-ring (bicyclic) bond motifs is 1. The summed E-state index contributed by atoms with van der Waals surface area (Å²) in [5.74, 6) is 0.273. The summed E-state index contributed by atoms with van der Waals surface area (Å²) in [6, 6.07) is 4.34. The van der Waals surface area contributed by atoms with Crippen molar-refractivity contribution in [2.24, 2.45) is 0 Å². The van der Waals surface area contributed by atoms with Crippen molar-refractivity contribution in [3.05, 3.63) is 40.8 Å². The summed E-state index contributed by atoms with van der Waals surface area (Å²) < 4.78 is 20.0. The summed E-state index contributed by atoms with van der Waals surface area (Å²) in [5, 5.41) is 18.9. The van der Waals surface area contributed by atoms with Gasteiger partial charge < -0.3 is 25.8 Å². The van der Waals surface area contributed by atoms with Crippen molar-refractivity contribution < 1.29 is 19.0 Å². The third kappa shape index (κ3) is 4.76. The van der Waals surface area contributed by atoms with Gasteiger partial charge in [-0.2, -0.15) is 0 Å². The topological polar surface area (TPSA) is 108 Å². The van der Waals surface area contributed by atoms with Crippen LogP contribution in [0.25, 0.3) is 10.2 Å². The zero-order valence-electron chi connectivity index (χ0n) is 17.1. The molecule has 0 bridgehead atoms. The summed E-state index contributed by atoms with van der Waals surface area (Å²) in [6.45, 7) is 3.54. The molecule has 10 heteroatoms. The number of amides is 1. The molecule has 0 unspecified atom stereocenters. The molecule has 31 heavy (non-hydrogen) atoms. The molecule has 1 atom stereocenters. The van der Waals surface area contributed by atoms with Gasteiger partial charge in [0.15, 0.2) is 0 Å². The third-order valence-electron chi connectivity index (χ3n) is 5.07. The number of hydrogen-bond donors (Lipinski definition) is 4. The number of aliphatic hydroxyl groups is 1. The number of anilines is 2. The van der Waals surface area contributed by atoms with Gasteiger partial charge in [-0.1, -0.05) is 0 Å². The predicted octanol–water partition coefficient (Wildman–Crippen LogP) is 2.74. The van der Waals surface area contributed by atoms with E-state index in [1.807, 2.05) is 6.92 Å². The van der Waals surface area contributed by atoms with E-state index in [2.05, 4.69) is 25.9 Å². The minimum atomic E-state index is -0.383. The van der Waals surface area contributed by atoms with Crippen LogP contribution in [0.4, 0.5) is 15.9 Å². The first kappa shape index (κ1) is 21.4. The van der Waals surface area contributed by atoms with Gasteiger partial charge in [0.25, 0.3) is 5.91 Å². The van der Waals surface area contributed by atoms with Gasteiger partial charge in [0, 0.05) is 19.2 Å². The molecule has 164 valence electrons. The van der Waals surface area contributed by atoms with E-state index in [1.165, 1.54) is 29.8 Å². The van der Waals surface area contributed by atoms with Gasteiger partial charge in [0.2, 0.25) is 0 Å². The van der Waals surface area contributed by atoms with Crippen molar-refractivity contribution >= 4 is 39.0 Å². The lowest BCUT2D eigenvalue weighted by atomic mass is 10.1. The molecule has 0 saturated carbocycles. The van der Waals surface area contributed by atoms with Gasteiger partial charge >= 0.3 is 0 Å². The standard InChI is InChI=1S/C21H24FN5O3S/c1-12-17-19(25-11-26-21(17)31-18(12)20(29)24-7-8-28)27-15-5-4-13(22)9-16(15)30-14-3-2-6-23-10-14/h4-5,9,11,14,23,28H,2-3,6-8,10H2,1H3,(H,24,29)(H,25,26,27)/t14-/m0/s1. The van der Waals surface area contributed by atoms with Crippen LogP contribution >= 0.6 is 11.3 Å². The van der Waals surface area contributed by atoms with E-state index in [1.54, 1.807) is 6.07 Å². The number of rotatable bonds is 7. The van der Waals surface area contributed by atoms with E-state index < -0.39 is 0 Å². The molecule has 8 nitrogen and oxygen atoms in total. The molecule has 4 N–H and O–H groups in total. The maximum absolute atomic E-state index is 13.9. The first-order valence-corrected chi connectivity index (χ1v) is 11.0. The Morgan fingerprint density at radius 3 is 3.06 bits per heavy atom. The third-order valence-corrected chi connectivity index (χ3v) is 6.27. The Bertz CT molecular complexity index is 1080. The molecule has 1 aromatic carbocycles. The van der Waals surface area contributed by atoms with Crippen molar-refractivity contribution in [1.82, 2.24) is 20.6 Å². The van der Waals surface area contributed by atoms with Gasteiger partial charge in [-0.05, 0) is 44.0 Å². The molecule has 1 saturated heterocycles. The van der Waals surface area contributed by atoms with E-state index in [9.17, 15) is 9.18 Å². The number of hydrogen-bond acceptors (Lipinski definition) is 8. The zero-order chi connectivity index (χ0) is 21.8. The largest absolute Gasteiger partial charge is 0.487 e. The highest BCUT2D eigenvalue weighted by Gasteiger charge is 2.21. The second-order valence-electron chi connectivity index (χ2n) is 7.29. The van der Waals surface area contributed by atoms with Crippen molar-refractivity contribution in [1.29, 1.82) is 0 Å². The van der Waals surface area contributed by atoms with Crippen LogP contribution in [-0.2, 0) is 0 Å². The fourth-order valence-corrected chi connectivity index (χ4v) is 4.62. The lowest BCUT2D eigenvalue weighted by molar-refractivity contribution is 0.0948. The lowest BCUT2D eigenvalue weighted by Crippen LogP contribution is -2.37. The number of halogens is 1. The number of aliphatic hydroxyl groups excluding tert-OH is 1. The lowest BCUT2D eigenvalue weighted by Gasteiger charge is -2.25. The van der Waals surface area contributed by atoms with E-state index in [4.69, 9.17) is 9.84 Å². The number of carbonyl (C=O) groups excluding carboxylic acids is 1. The number of piperidine rings is 1. The second-order valence-corrected chi connectivity index (χ2v) is 8.29. The number of ether oxygens (including phenoxy) is 1. The highest BCUT2D eigenvalue weighted by atomic mass is 32.1. The molecule has 3 aromatic rings. The van der Waals surface area contributed by atoms with Gasteiger partial charge in [0.1, 0.15) is 34.6 Å². The number of nitrogens with one attached hydrogen (secondary N) is 3.